The van der Waals surface area contributed by atoms with Crippen molar-refractivity contribution in [2.24, 2.45) is 0 Å². The number of aliphatic hydroxyl groups excluding tert-OH is 1. The molecule has 0 aliphatic rings. The van der Waals surface area contributed by atoms with E-state index >= 15 is 0 Å². The summed E-state index contributed by atoms with van der Waals surface area (Å²) in [6, 6.07) is 14.2. The SMILES string of the molecule is Cc1nc(NCC(O)c2ccccc2)cc(-c2ccc(C(F)(F)F)c(Cl)c2)n1. The fraction of sp³-hybridized carbons (Fsp3) is 0.200. The monoisotopic (exact) mass is 407 g/mol. The molecule has 2 aromatic carbocycles. The highest BCUT2D eigenvalue weighted by Crippen LogP contribution is 2.36. The number of benzene rings is 2. The molecule has 1 aromatic heterocycles. The Labute approximate surface area is 165 Å². The number of aromatic nitrogens is 2. The Kier molecular flexibility index (Phi) is 5.86. The van der Waals surface area contributed by atoms with Crippen molar-refractivity contribution in [3.8, 4) is 11.3 Å². The van der Waals surface area contributed by atoms with Crippen molar-refractivity contribution in [2.75, 3.05) is 11.9 Å². The Bertz CT molecular complexity index is 965. The van der Waals surface area contributed by atoms with E-state index in [1.807, 2.05) is 30.3 Å². The third-order valence-corrected chi connectivity index (χ3v) is 4.38. The molecule has 3 rings (SSSR count). The third-order valence-electron chi connectivity index (χ3n) is 4.07. The van der Waals surface area contributed by atoms with E-state index in [1.165, 1.54) is 12.1 Å². The summed E-state index contributed by atoms with van der Waals surface area (Å²) in [5.74, 6) is 0.888. The molecule has 4 nitrogen and oxygen atoms in total. The average Bonchev–Trinajstić information content (AvgIpc) is 2.65. The van der Waals surface area contributed by atoms with E-state index in [0.29, 0.717) is 22.9 Å². The minimum atomic E-state index is -4.52. The number of hydrogen-bond donors (Lipinski definition) is 2. The molecule has 0 aliphatic heterocycles. The largest absolute Gasteiger partial charge is 0.417 e. The quantitative estimate of drug-likeness (QED) is 0.605. The van der Waals surface area contributed by atoms with Crippen LogP contribution in [-0.4, -0.2) is 21.6 Å². The molecule has 0 spiro atoms. The van der Waals surface area contributed by atoms with Gasteiger partial charge in [-0.2, -0.15) is 13.2 Å². The van der Waals surface area contributed by atoms with Crippen LogP contribution in [0.25, 0.3) is 11.3 Å². The maximum absolute atomic E-state index is 12.9. The maximum Gasteiger partial charge on any atom is 0.417 e. The Morgan fingerprint density at radius 1 is 1.07 bits per heavy atom. The first-order chi connectivity index (χ1) is 13.2. The predicted octanol–water partition coefficient (Wildman–Crippen LogP) is 5.27. The van der Waals surface area contributed by atoms with E-state index < -0.39 is 22.9 Å². The lowest BCUT2D eigenvalue weighted by molar-refractivity contribution is -0.137. The summed E-state index contributed by atoms with van der Waals surface area (Å²) < 4.78 is 38.7. The summed E-state index contributed by atoms with van der Waals surface area (Å²) in [4.78, 5) is 8.53. The molecule has 28 heavy (non-hydrogen) atoms. The number of halogens is 4. The highest BCUT2D eigenvalue weighted by atomic mass is 35.5. The zero-order chi connectivity index (χ0) is 20.3. The number of nitrogens with one attached hydrogen (secondary N) is 1. The van der Waals surface area contributed by atoms with Crippen LogP contribution in [-0.2, 0) is 6.18 Å². The van der Waals surface area contributed by atoms with Gasteiger partial charge in [-0.25, -0.2) is 9.97 Å². The summed E-state index contributed by atoms with van der Waals surface area (Å²) in [5.41, 5.74) is 0.735. The smallest absolute Gasteiger partial charge is 0.387 e. The van der Waals surface area contributed by atoms with Gasteiger partial charge in [-0.1, -0.05) is 48.0 Å². The Morgan fingerprint density at radius 2 is 1.79 bits per heavy atom. The summed E-state index contributed by atoms with van der Waals surface area (Å²) in [7, 11) is 0. The van der Waals surface area contributed by atoms with E-state index in [2.05, 4.69) is 15.3 Å². The van der Waals surface area contributed by atoms with Crippen LogP contribution in [0, 0.1) is 6.92 Å². The molecular formula is C20H17ClF3N3O. The molecule has 2 N–H and O–H groups in total. The van der Waals surface area contributed by atoms with Crippen molar-refractivity contribution in [1.82, 2.24) is 9.97 Å². The zero-order valence-electron chi connectivity index (χ0n) is 14.8. The van der Waals surface area contributed by atoms with Gasteiger partial charge in [0.2, 0.25) is 0 Å². The molecule has 0 fully saturated rings. The van der Waals surface area contributed by atoms with E-state index in [1.54, 1.807) is 13.0 Å². The molecule has 8 heteroatoms. The first-order valence-corrected chi connectivity index (χ1v) is 8.81. The van der Waals surface area contributed by atoms with Crippen molar-refractivity contribution in [2.45, 2.75) is 19.2 Å². The Hall–Kier alpha value is -2.64. The van der Waals surface area contributed by atoms with Crippen LogP contribution in [0.5, 0.6) is 0 Å². The third kappa shape index (κ3) is 4.79. The van der Waals surface area contributed by atoms with E-state index in [4.69, 9.17) is 11.6 Å². The van der Waals surface area contributed by atoms with Crippen LogP contribution in [0.4, 0.5) is 19.0 Å². The second-order valence-electron chi connectivity index (χ2n) is 6.19. The number of alkyl halides is 3. The number of rotatable bonds is 5. The van der Waals surface area contributed by atoms with Crippen molar-refractivity contribution in [3.63, 3.8) is 0 Å². The van der Waals surface area contributed by atoms with Crippen LogP contribution < -0.4 is 5.32 Å². The summed E-state index contributed by atoms with van der Waals surface area (Å²) >= 11 is 5.80. The van der Waals surface area contributed by atoms with Crippen molar-refractivity contribution in [1.29, 1.82) is 0 Å². The molecule has 0 bridgehead atoms. The number of aliphatic hydroxyl groups is 1. The van der Waals surface area contributed by atoms with Crippen molar-refractivity contribution in [3.05, 3.63) is 76.6 Å². The van der Waals surface area contributed by atoms with Gasteiger partial charge >= 0.3 is 6.18 Å². The maximum atomic E-state index is 12.9. The van der Waals surface area contributed by atoms with Gasteiger partial charge in [0, 0.05) is 18.2 Å². The van der Waals surface area contributed by atoms with Crippen LogP contribution in [0.3, 0.4) is 0 Å². The van der Waals surface area contributed by atoms with Gasteiger partial charge in [0.1, 0.15) is 11.6 Å². The number of nitrogens with zero attached hydrogens (tertiary/aromatic N) is 2. The van der Waals surface area contributed by atoms with Gasteiger partial charge < -0.3 is 10.4 Å². The lowest BCUT2D eigenvalue weighted by Crippen LogP contribution is -2.13. The summed E-state index contributed by atoms with van der Waals surface area (Å²) in [5, 5.41) is 12.9. The minimum Gasteiger partial charge on any atom is -0.387 e. The van der Waals surface area contributed by atoms with Gasteiger partial charge in [0.25, 0.3) is 0 Å². The van der Waals surface area contributed by atoms with Gasteiger partial charge in [-0.15, -0.1) is 0 Å². The lowest BCUT2D eigenvalue weighted by Gasteiger charge is -2.14. The van der Waals surface area contributed by atoms with Gasteiger partial charge in [0.15, 0.2) is 0 Å². The molecule has 0 aliphatic carbocycles. The van der Waals surface area contributed by atoms with E-state index in [-0.39, 0.29) is 6.54 Å². The molecule has 1 heterocycles. The van der Waals surface area contributed by atoms with Gasteiger partial charge in [0.05, 0.1) is 22.4 Å². The van der Waals surface area contributed by atoms with E-state index in [0.717, 1.165) is 11.6 Å². The second-order valence-corrected chi connectivity index (χ2v) is 6.59. The number of hydrogen-bond acceptors (Lipinski definition) is 4. The van der Waals surface area contributed by atoms with Crippen LogP contribution in [0.1, 0.15) is 23.1 Å². The first kappa shape index (κ1) is 20.1. The minimum absolute atomic E-state index is 0.216. The molecule has 1 atom stereocenters. The lowest BCUT2D eigenvalue weighted by atomic mass is 10.1. The van der Waals surface area contributed by atoms with E-state index in [9.17, 15) is 18.3 Å². The fourth-order valence-corrected chi connectivity index (χ4v) is 2.99. The molecule has 0 radical (unpaired) electrons. The van der Waals surface area contributed by atoms with Gasteiger partial charge in [-0.05, 0) is 24.6 Å². The zero-order valence-corrected chi connectivity index (χ0v) is 15.6. The van der Waals surface area contributed by atoms with Crippen LogP contribution in [0.15, 0.2) is 54.6 Å². The standard InChI is InChI=1S/C20H17ClF3N3O/c1-12-26-17(14-7-8-15(16(21)9-14)20(22,23)24)10-19(27-12)25-11-18(28)13-5-3-2-4-6-13/h2-10,18,28H,11H2,1H3,(H,25,26,27). The van der Waals surface area contributed by atoms with Crippen LogP contribution >= 0.6 is 11.6 Å². The highest BCUT2D eigenvalue weighted by Gasteiger charge is 2.33. The van der Waals surface area contributed by atoms with Crippen molar-refractivity contribution >= 4 is 17.4 Å². The number of anilines is 1. The Balaban J connectivity index is 1.81. The molecule has 0 amide bonds. The first-order valence-electron chi connectivity index (χ1n) is 8.44. The van der Waals surface area contributed by atoms with Crippen LogP contribution in [0.2, 0.25) is 5.02 Å². The molecule has 3 aromatic rings. The molecular weight excluding hydrogens is 391 g/mol. The second kappa shape index (κ2) is 8.16. The normalized spacial score (nSPS) is 12.6. The molecule has 146 valence electrons. The molecule has 0 saturated heterocycles. The van der Waals surface area contributed by atoms with Gasteiger partial charge in [-0.3, -0.25) is 0 Å². The molecule has 0 saturated carbocycles. The Morgan fingerprint density at radius 3 is 2.43 bits per heavy atom. The van der Waals surface area contributed by atoms with Crippen molar-refractivity contribution < 1.29 is 18.3 Å². The summed E-state index contributed by atoms with van der Waals surface area (Å²) in [6.45, 7) is 1.89. The summed E-state index contributed by atoms with van der Waals surface area (Å²) in [6.07, 6.45) is -5.25. The number of aryl methyl sites for hydroxylation is 1. The topological polar surface area (TPSA) is 58.0 Å². The fourth-order valence-electron chi connectivity index (χ4n) is 2.70. The highest BCUT2D eigenvalue weighted by molar-refractivity contribution is 6.31. The average molecular weight is 408 g/mol. The molecule has 1 unspecified atom stereocenters. The predicted molar refractivity (Wildman–Crippen MR) is 102 cm³/mol.